The minimum atomic E-state index is -1.50. The summed E-state index contributed by atoms with van der Waals surface area (Å²) in [4.78, 5) is 26.0. The molecule has 2 fully saturated rings. The molecule has 234 valence electrons. The Hall–Kier alpha value is -2.66. The number of phenolic OH excluding ortho intramolecular Hbond substituents is 1. The summed E-state index contributed by atoms with van der Waals surface area (Å²) in [6, 6.07) is 7.00. The normalized spacial score (nSPS) is 35.2. The van der Waals surface area contributed by atoms with Crippen molar-refractivity contribution in [1.82, 2.24) is 0 Å². The van der Waals surface area contributed by atoms with Gasteiger partial charge < -0.3 is 39.0 Å². The molecule has 0 amide bonds. The lowest BCUT2D eigenvalue weighted by atomic mass is 9.66. The molecule has 3 aliphatic rings. The van der Waals surface area contributed by atoms with Crippen molar-refractivity contribution >= 4 is 11.9 Å². The standard InChI is InChI=1S/C32H46O10/c1-18(11-12-23(38-7)21-9-8-10-22(34)13-21)29-19(2)25-16-32(42-29)30(4,5)17-31(6,37)26(41-32)15-28(36)39-24(20(3)33)14-27(35)40-25/h8-10,13,15,18-20,23-25,29,33-34,37H,11-12,14,16-17H2,1-7H3/t18-,19-,20+,23-,24+,25-,29+,31+,32+/m0/s1. The van der Waals surface area contributed by atoms with Crippen molar-refractivity contribution in [1.29, 1.82) is 0 Å². The quantitative estimate of drug-likeness (QED) is 0.394. The zero-order chi connectivity index (χ0) is 31.0. The minimum absolute atomic E-state index is 0.00565. The zero-order valence-corrected chi connectivity index (χ0v) is 25.7. The minimum Gasteiger partial charge on any atom is -0.508 e. The number of rotatable bonds is 7. The third-order valence-corrected chi connectivity index (χ3v) is 9.20. The van der Waals surface area contributed by atoms with Crippen LogP contribution in [0.4, 0.5) is 0 Å². The molecule has 9 atom stereocenters. The van der Waals surface area contributed by atoms with E-state index in [2.05, 4.69) is 6.92 Å². The van der Waals surface area contributed by atoms with Crippen LogP contribution in [-0.2, 0) is 33.3 Å². The average Bonchev–Trinajstić information content (AvgIpc) is 2.88. The van der Waals surface area contributed by atoms with Crippen LogP contribution in [0.3, 0.4) is 0 Å². The van der Waals surface area contributed by atoms with E-state index in [1.807, 2.05) is 26.8 Å². The molecule has 0 radical (unpaired) electrons. The molecule has 2 saturated heterocycles. The Morgan fingerprint density at radius 2 is 1.83 bits per heavy atom. The average molecular weight is 591 g/mol. The van der Waals surface area contributed by atoms with Gasteiger partial charge >= 0.3 is 11.9 Å². The summed E-state index contributed by atoms with van der Waals surface area (Å²) in [7, 11) is 1.64. The topological polar surface area (TPSA) is 141 Å². The fourth-order valence-corrected chi connectivity index (χ4v) is 6.72. The first kappa shape index (κ1) is 32.3. The number of cyclic esters (lactones) is 1. The second-order valence-corrected chi connectivity index (χ2v) is 13.2. The summed E-state index contributed by atoms with van der Waals surface area (Å²) in [6.45, 7) is 10.9. The van der Waals surface area contributed by atoms with Crippen molar-refractivity contribution in [3.05, 3.63) is 41.7 Å². The summed E-state index contributed by atoms with van der Waals surface area (Å²) >= 11 is 0. The maximum Gasteiger partial charge on any atom is 0.334 e. The maximum atomic E-state index is 13.1. The fraction of sp³-hybridized carbons (Fsp3) is 0.688. The molecule has 10 nitrogen and oxygen atoms in total. The number of hydrogen-bond donors (Lipinski definition) is 3. The van der Waals surface area contributed by atoms with Gasteiger partial charge in [0, 0.05) is 18.4 Å². The van der Waals surface area contributed by atoms with Crippen molar-refractivity contribution in [3.63, 3.8) is 0 Å². The molecular formula is C32H46O10. The molecule has 3 aliphatic heterocycles. The van der Waals surface area contributed by atoms with E-state index in [9.17, 15) is 24.9 Å². The molecule has 3 heterocycles. The highest BCUT2D eigenvalue weighted by atomic mass is 16.7. The van der Waals surface area contributed by atoms with Gasteiger partial charge in [-0.3, -0.25) is 4.79 Å². The van der Waals surface area contributed by atoms with E-state index >= 15 is 0 Å². The Kier molecular flexibility index (Phi) is 9.33. The second-order valence-electron chi connectivity index (χ2n) is 13.2. The van der Waals surface area contributed by atoms with Crippen molar-refractivity contribution < 1.29 is 48.6 Å². The molecule has 0 aliphatic carbocycles. The highest BCUT2D eigenvalue weighted by Gasteiger charge is 2.63. The smallest absolute Gasteiger partial charge is 0.334 e. The second kappa shape index (κ2) is 12.1. The van der Waals surface area contributed by atoms with E-state index in [1.54, 1.807) is 32.2 Å². The van der Waals surface area contributed by atoms with E-state index < -0.39 is 53.2 Å². The Morgan fingerprint density at radius 1 is 1.12 bits per heavy atom. The van der Waals surface area contributed by atoms with Gasteiger partial charge in [0.2, 0.25) is 5.79 Å². The monoisotopic (exact) mass is 590 g/mol. The van der Waals surface area contributed by atoms with E-state index in [1.165, 1.54) is 6.92 Å². The molecule has 3 bridgehead atoms. The van der Waals surface area contributed by atoms with E-state index in [0.717, 1.165) is 11.6 Å². The molecule has 42 heavy (non-hydrogen) atoms. The molecule has 1 aromatic rings. The molecule has 4 rings (SSSR count). The van der Waals surface area contributed by atoms with Crippen LogP contribution in [0.2, 0.25) is 0 Å². The van der Waals surface area contributed by atoms with Gasteiger partial charge in [-0.25, -0.2) is 4.79 Å². The Morgan fingerprint density at radius 3 is 2.48 bits per heavy atom. The number of esters is 2. The molecule has 10 heteroatoms. The Bertz CT molecular complexity index is 1170. The molecule has 1 spiro atoms. The largest absolute Gasteiger partial charge is 0.508 e. The van der Waals surface area contributed by atoms with Crippen LogP contribution in [-0.4, -0.2) is 70.2 Å². The van der Waals surface area contributed by atoms with E-state index in [4.69, 9.17) is 23.7 Å². The van der Waals surface area contributed by atoms with Crippen LogP contribution < -0.4 is 0 Å². The number of fused-ring (bicyclic) bond motifs is 2. The van der Waals surface area contributed by atoms with Crippen LogP contribution in [0.25, 0.3) is 0 Å². The van der Waals surface area contributed by atoms with Crippen molar-refractivity contribution in [2.75, 3.05) is 7.11 Å². The highest BCUT2D eigenvalue weighted by Crippen LogP contribution is 2.56. The first-order valence-electron chi connectivity index (χ1n) is 14.8. The third kappa shape index (κ3) is 6.61. The van der Waals surface area contributed by atoms with Gasteiger partial charge in [0.15, 0.2) is 0 Å². The van der Waals surface area contributed by atoms with E-state index in [0.29, 0.717) is 12.8 Å². The summed E-state index contributed by atoms with van der Waals surface area (Å²) in [5.74, 6) is -2.83. The van der Waals surface area contributed by atoms with Gasteiger partial charge in [0.1, 0.15) is 29.3 Å². The predicted molar refractivity (Wildman–Crippen MR) is 152 cm³/mol. The van der Waals surface area contributed by atoms with Gasteiger partial charge in [-0.2, -0.15) is 0 Å². The molecule has 0 unspecified atom stereocenters. The lowest BCUT2D eigenvalue weighted by molar-refractivity contribution is -0.371. The summed E-state index contributed by atoms with van der Waals surface area (Å²) in [5, 5.41) is 31.5. The predicted octanol–water partition coefficient (Wildman–Crippen LogP) is 4.31. The number of hydrogen-bond acceptors (Lipinski definition) is 10. The van der Waals surface area contributed by atoms with Crippen LogP contribution >= 0.6 is 0 Å². The first-order chi connectivity index (χ1) is 19.6. The first-order valence-corrected chi connectivity index (χ1v) is 14.8. The summed E-state index contributed by atoms with van der Waals surface area (Å²) < 4.78 is 30.5. The number of aliphatic hydroxyl groups is 2. The highest BCUT2D eigenvalue weighted by molar-refractivity contribution is 5.83. The number of ether oxygens (including phenoxy) is 5. The molecular weight excluding hydrogens is 544 g/mol. The van der Waals surface area contributed by atoms with Gasteiger partial charge in [-0.1, -0.05) is 39.8 Å². The zero-order valence-electron chi connectivity index (χ0n) is 25.7. The molecule has 0 aromatic heterocycles. The summed E-state index contributed by atoms with van der Waals surface area (Å²) in [6.07, 6.45) is -0.974. The molecule has 3 N–H and O–H groups in total. The SMILES string of the molecule is CO[C@@H](CC[C@H](C)[C@H]1O[C@@]23C[C@H](OC(=O)C[C@H]([C@@H](C)O)OC(=O)C=C(O2)[C@](C)(O)CC3(C)C)[C@@H]1C)c1cccc(O)c1. The summed E-state index contributed by atoms with van der Waals surface area (Å²) in [5.41, 5.74) is -1.37. The number of carbonyl (C=O) groups excluding carboxylic acids is 2. The van der Waals surface area contributed by atoms with Crippen LogP contribution in [0.15, 0.2) is 36.1 Å². The van der Waals surface area contributed by atoms with Gasteiger partial charge in [-0.05, 0) is 56.7 Å². The van der Waals surface area contributed by atoms with E-state index in [-0.39, 0.29) is 48.7 Å². The lowest BCUT2D eigenvalue weighted by Crippen LogP contribution is -2.65. The number of benzene rings is 1. The third-order valence-electron chi connectivity index (χ3n) is 9.20. The Balaban J connectivity index is 1.68. The number of aliphatic hydroxyl groups excluding tert-OH is 1. The van der Waals surface area contributed by atoms with Crippen LogP contribution in [0.5, 0.6) is 5.75 Å². The fourth-order valence-electron chi connectivity index (χ4n) is 6.72. The van der Waals surface area contributed by atoms with Crippen molar-refractivity contribution in [3.8, 4) is 5.75 Å². The van der Waals surface area contributed by atoms with Crippen molar-refractivity contribution in [2.24, 2.45) is 17.3 Å². The molecule has 0 saturated carbocycles. The van der Waals surface area contributed by atoms with Gasteiger partial charge in [0.25, 0.3) is 0 Å². The van der Waals surface area contributed by atoms with Crippen LogP contribution in [0, 0.1) is 17.3 Å². The number of phenols is 1. The number of methoxy groups -OCH3 is 1. The molecule has 1 aromatic carbocycles. The lowest BCUT2D eigenvalue weighted by Gasteiger charge is -2.59. The number of carbonyl (C=O) groups is 2. The number of aromatic hydroxyl groups is 1. The maximum absolute atomic E-state index is 13.1. The van der Waals surface area contributed by atoms with Gasteiger partial charge in [0.05, 0.1) is 37.2 Å². The van der Waals surface area contributed by atoms with Crippen molar-refractivity contribution in [2.45, 2.75) is 116 Å². The Labute approximate surface area is 247 Å². The van der Waals surface area contributed by atoms with Crippen LogP contribution in [0.1, 0.15) is 85.3 Å². The van der Waals surface area contributed by atoms with Gasteiger partial charge in [-0.15, -0.1) is 0 Å².